The molecule has 0 unspecified atom stereocenters. The Hall–Kier alpha value is -1.09. The summed E-state index contributed by atoms with van der Waals surface area (Å²) in [6.45, 7) is 0. The largest absolute Gasteiger partial charge is 0.395 e. The van der Waals surface area contributed by atoms with Crippen molar-refractivity contribution in [3.05, 3.63) is 0 Å². The van der Waals surface area contributed by atoms with Crippen molar-refractivity contribution in [3.8, 4) is 0 Å². The molecule has 0 heterocycles. The molecule has 0 aliphatic carbocycles. The van der Waals surface area contributed by atoms with Crippen molar-refractivity contribution in [2.45, 2.75) is 48.3 Å². The lowest BCUT2D eigenvalue weighted by Crippen LogP contribution is -2.72. The minimum absolute atomic E-state index is 3.14. The van der Waals surface area contributed by atoms with Gasteiger partial charge in [0.2, 0.25) is 0 Å². The van der Waals surface area contributed by atoms with E-state index in [0.29, 0.717) is 0 Å². The van der Waals surface area contributed by atoms with E-state index in [-0.39, 0.29) is 0 Å². The van der Waals surface area contributed by atoms with Crippen LogP contribution in [0.4, 0.5) is 65.9 Å². The van der Waals surface area contributed by atoms with E-state index in [4.69, 9.17) is 0 Å². The molecular weight excluding hydrogens is 395 g/mol. The fraction of sp³-hybridized carbons (Fsp3) is 1.00. The van der Waals surface area contributed by atoms with E-state index in [9.17, 15) is 65.9 Å². The highest BCUT2D eigenvalue weighted by atomic mass is 19.4. The van der Waals surface area contributed by atoms with Crippen molar-refractivity contribution in [2.24, 2.45) is 5.73 Å². The van der Waals surface area contributed by atoms with Gasteiger partial charge in [-0.1, -0.05) is 0 Å². The van der Waals surface area contributed by atoms with Gasteiger partial charge in [-0.3, -0.25) is 5.73 Å². The first-order valence-corrected chi connectivity index (χ1v) is 5.08. The molecule has 146 valence electrons. The molecule has 16 heteroatoms. The Kier molecular flexibility index (Phi) is 5.21. The smallest absolute Gasteiger partial charge is 0.267 e. The maximum Gasteiger partial charge on any atom is 0.395 e. The van der Waals surface area contributed by atoms with Crippen LogP contribution >= 0.6 is 0 Å². The SMILES string of the molecule is NC(F)(F)C(F)(F)C(F)(F)C(F)(F)C(F)(F)C(F)(F)CC(F)(F)F. The quantitative estimate of drug-likeness (QED) is 0.510. The van der Waals surface area contributed by atoms with E-state index in [0.717, 1.165) is 0 Å². The Balaban J connectivity index is 6.21. The van der Waals surface area contributed by atoms with Crippen LogP contribution in [0.1, 0.15) is 6.42 Å². The molecule has 0 aliphatic rings. The number of nitrogens with two attached hydrogens (primary N) is 1. The molecule has 0 rings (SSSR count). The molecule has 0 aromatic rings. The van der Waals surface area contributed by atoms with Gasteiger partial charge >= 0.3 is 41.8 Å². The predicted octanol–water partition coefficient (Wildman–Crippen LogP) is 4.67. The van der Waals surface area contributed by atoms with Gasteiger partial charge in [-0.15, -0.1) is 0 Å². The van der Waals surface area contributed by atoms with Crippen LogP contribution in [-0.2, 0) is 0 Å². The average molecular weight is 399 g/mol. The van der Waals surface area contributed by atoms with Gasteiger partial charge in [-0.2, -0.15) is 65.9 Å². The van der Waals surface area contributed by atoms with Crippen LogP contribution in [0.5, 0.6) is 0 Å². The molecule has 0 bridgehead atoms. The van der Waals surface area contributed by atoms with E-state index in [2.05, 4.69) is 5.73 Å². The predicted molar refractivity (Wildman–Crippen MR) is 44.5 cm³/mol. The van der Waals surface area contributed by atoms with Crippen molar-refractivity contribution in [1.29, 1.82) is 0 Å². The van der Waals surface area contributed by atoms with Crippen molar-refractivity contribution >= 4 is 0 Å². The molecule has 1 nitrogen and oxygen atoms in total. The van der Waals surface area contributed by atoms with Gasteiger partial charge in [0.1, 0.15) is 6.42 Å². The second kappa shape index (κ2) is 5.45. The van der Waals surface area contributed by atoms with E-state index >= 15 is 0 Å². The van der Waals surface area contributed by atoms with Crippen LogP contribution in [0.2, 0.25) is 0 Å². The fourth-order valence-corrected chi connectivity index (χ4v) is 1.20. The number of hydrogen-bond acceptors (Lipinski definition) is 1. The molecule has 0 spiro atoms. The molecule has 0 aromatic carbocycles. The second-order valence-corrected chi connectivity index (χ2v) is 4.42. The summed E-state index contributed by atoms with van der Waals surface area (Å²) in [4.78, 5) is 0. The standard InChI is InChI=1S/C8H4F15N/c9-2(10,1-3(11,12)13)4(14,15)5(16,17)6(18,19)7(20,21)8(22,23)24/h1,24H2. The topological polar surface area (TPSA) is 26.0 Å². The summed E-state index contributed by atoms with van der Waals surface area (Å²) in [7, 11) is 0. The fourth-order valence-electron chi connectivity index (χ4n) is 1.20. The van der Waals surface area contributed by atoms with Gasteiger partial charge in [-0.25, -0.2) is 0 Å². The molecule has 2 N–H and O–H groups in total. The van der Waals surface area contributed by atoms with Crippen molar-refractivity contribution in [2.75, 3.05) is 0 Å². The Bertz CT molecular complexity index is 455. The lowest BCUT2D eigenvalue weighted by molar-refractivity contribution is -0.428. The van der Waals surface area contributed by atoms with Crippen LogP contribution in [-0.4, -0.2) is 41.8 Å². The highest BCUT2D eigenvalue weighted by Crippen LogP contribution is 2.60. The number of halogens is 15. The number of alkyl halides is 15. The molecule has 0 aliphatic heterocycles. The average Bonchev–Trinajstić information content (AvgIpc) is 2.22. The van der Waals surface area contributed by atoms with Gasteiger partial charge in [0, 0.05) is 0 Å². The van der Waals surface area contributed by atoms with E-state index in [1.165, 1.54) is 0 Å². The zero-order valence-electron chi connectivity index (χ0n) is 10.5. The second-order valence-electron chi connectivity index (χ2n) is 4.42. The monoisotopic (exact) mass is 399 g/mol. The minimum atomic E-state index is -8.04. The Morgan fingerprint density at radius 3 is 1.00 bits per heavy atom. The van der Waals surface area contributed by atoms with Crippen molar-refractivity contribution in [1.82, 2.24) is 0 Å². The van der Waals surface area contributed by atoms with E-state index < -0.39 is 48.3 Å². The maximum absolute atomic E-state index is 12.9. The molecular formula is C8H4F15N. The third-order valence-corrected chi connectivity index (χ3v) is 2.48. The van der Waals surface area contributed by atoms with Crippen molar-refractivity contribution < 1.29 is 65.9 Å². The number of hydrogen-bond donors (Lipinski definition) is 1. The highest BCUT2D eigenvalue weighted by Gasteiger charge is 2.90. The molecule has 0 saturated carbocycles. The summed E-state index contributed by atoms with van der Waals surface area (Å²) in [5.41, 5.74) is 3.14. The summed E-state index contributed by atoms with van der Waals surface area (Å²) in [5, 5.41) is 0. The first kappa shape index (κ1) is 22.9. The first-order chi connectivity index (χ1) is 9.96. The summed E-state index contributed by atoms with van der Waals surface area (Å²) >= 11 is 0. The third kappa shape index (κ3) is 3.33. The van der Waals surface area contributed by atoms with Crippen LogP contribution in [0.3, 0.4) is 0 Å². The zero-order valence-corrected chi connectivity index (χ0v) is 10.5. The van der Waals surface area contributed by atoms with E-state index in [1.807, 2.05) is 0 Å². The van der Waals surface area contributed by atoms with Crippen LogP contribution in [0, 0.1) is 0 Å². The summed E-state index contributed by atoms with van der Waals surface area (Å²) in [5.74, 6) is -38.3. The minimum Gasteiger partial charge on any atom is -0.267 e. The lowest BCUT2D eigenvalue weighted by Gasteiger charge is -2.40. The van der Waals surface area contributed by atoms with Gasteiger partial charge in [0.05, 0.1) is 0 Å². The van der Waals surface area contributed by atoms with Gasteiger partial charge in [0.25, 0.3) is 0 Å². The molecule has 0 aromatic heterocycles. The van der Waals surface area contributed by atoms with Gasteiger partial charge < -0.3 is 0 Å². The molecule has 0 fully saturated rings. The molecule has 0 atom stereocenters. The Morgan fingerprint density at radius 2 is 0.750 bits per heavy atom. The molecule has 24 heavy (non-hydrogen) atoms. The zero-order chi connectivity index (χ0) is 20.2. The Labute approximate surface area is 121 Å². The molecule has 0 radical (unpaired) electrons. The van der Waals surface area contributed by atoms with Crippen LogP contribution in [0.15, 0.2) is 0 Å². The maximum atomic E-state index is 12.9. The van der Waals surface area contributed by atoms with Crippen LogP contribution < -0.4 is 5.73 Å². The normalized spacial score (nSPS) is 16.5. The first-order valence-electron chi connectivity index (χ1n) is 5.08. The number of rotatable bonds is 6. The van der Waals surface area contributed by atoms with Crippen molar-refractivity contribution in [3.63, 3.8) is 0 Å². The third-order valence-electron chi connectivity index (χ3n) is 2.48. The molecule has 0 saturated heterocycles. The van der Waals surface area contributed by atoms with Gasteiger partial charge in [-0.05, 0) is 0 Å². The van der Waals surface area contributed by atoms with Gasteiger partial charge in [0.15, 0.2) is 0 Å². The van der Waals surface area contributed by atoms with E-state index in [1.54, 1.807) is 0 Å². The summed E-state index contributed by atoms with van der Waals surface area (Å²) in [6, 6.07) is -6.60. The molecule has 0 amide bonds. The summed E-state index contributed by atoms with van der Waals surface area (Å²) in [6.07, 6.45) is -10.4. The summed E-state index contributed by atoms with van der Waals surface area (Å²) < 4.78 is 186. The highest BCUT2D eigenvalue weighted by molar-refractivity contribution is 5.11. The Morgan fingerprint density at radius 1 is 0.458 bits per heavy atom. The lowest BCUT2D eigenvalue weighted by atomic mass is 9.92. The van der Waals surface area contributed by atoms with Crippen LogP contribution in [0.25, 0.3) is 0 Å².